The van der Waals surface area contributed by atoms with E-state index in [1.165, 1.54) is 11.1 Å². The molecular formula is C28H26N4O. The zero-order valence-corrected chi connectivity index (χ0v) is 18.5. The highest BCUT2D eigenvalue weighted by Gasteiger charge is 2.22. The second kappa shape index (κ2) is 9.17. The van der Waals surface area contributed by atoms with Crippen molar-refractivity contribution >= 4 is 16.8 Å². The molecule has 1 atom stereocenters. The van der Waals surface area contributed by atoms with Crippen LogP contribution in [0, 0.1) is 6.92 Å². The summed E-state index contributed by atoms with van der Waals surface area (Å²) in [5.41, 5.74) is 5.07. The minimum absolute atomic E-state index is 0.142. The molecule has 0 aliphatic heterocycles. The van der Waals surface area contributed by atoms with Crippen LogP contribution in [0.5, 0.6) is 0 Å². The maximum Gasteiger partial charge on any atom is 0.268 e. The summed E-state index contributed by atoms with van der Waals surface area (Å²) in [6.45, 7) is 2.78. The topological polar surface area (TPSA) is 62.7 Å². The van der Waals surface area contributed by atoms with Gasteiger partial charge < -0.3 is 14.9 Å². The van der Waals surface area contributed by atoms with Crippen molar-refractivity contribution in [3.8, 4) is 0 Å². The summed E-state index contributed by atoms with van der Waals surface area (Å²) in [5, 5.41) is 4.24. The third kappa shape index (κ3) is 4.72. The highest BCUT2D eigenvalue weighted by atomic mass is 16.2. The molecule has 5 rings (SSSR count). The zero-order chi connectivity index (χ0) is 22.6. The van der Waals surface area contributed by atoms with Gasteiger partial charge in [0, 0.05) is 29.8 Å². The summed E-state index contributed by atoms with van der Waals surface area (Å²) in [6, 6.07) is 28.2. The van der Waals surface area contributed by atoms with Gasteiger partial charge in [-0.25, -0.2) is 4.98 Å². The first kappa shape index (κ1) is 20.8. The number of aromatic nitrogens is 3. The monoisotopic (exact) mass is 434 g/mol. The van der Waals surface area contributed by atoms with Crippen LogP contribution < -0.4 is 5.32 Å². The average Bonchev–Trinajstić information content (AvgIpc) is 3.48. The molecule has 0 spiro atoms. The lowest BCUT2D eigenvalue weighted by Crippen LogP contribution is -2.32. The average molecular weight is 435 g/mol. The minimum Gasteiger partial charge on any atom is -0.351 e. The Balaban J connectivity index is 1.44. The number of carbonyl (C=O) groups is 1. The van der Waals surface area contributed by atoms with E-state index < -0.39 is 0 Å². The van der Waals surface area contributed by atoms with E-state index in [0.717, 1.165) is 22.3 Å². The Morgan fingerprint density at radius 1 is 0.970 bits per heavy atom. The number of amides is 1. The van der Waals surface area contributed by atoms with Crippen LogP contribution in [0.4, 0.5) is 0 Å². The van der Waals surface area contributed by atoms with Crippen LogP contribution in [0.3, 0.4) is 0 Å². The van der Waals surface area contributed by atoms with Crippen molar-refractivity contribution in [1.82, 2.24) is 19.9 Å². The molecule has 0 bridgehead atoms. The largest absolute Gasteiger partial charge is 0.351 e. The summed E-state index contributed by atoms with van der Waals surface area (Å²) < 4.78 is 2.11. The first-order valence-corrected chi connectivity index (χ1v) is 11.1. The highest BCUT2D eigenvalue weighted by molar-refractivity contribution is 5.98. The maximum atomic E-state index is 13.2. The fourth-order valence-corrected chi connectivity index (χ4v) is 4.14. The smallest absolute Gasteiger partial charge is 0.268 e. The Bertz CT molecular complexity index is 1330. The number of imidazole rings is 1. The SMILES string of the molecule is Cc1ccc(Cn2ccnc2C(Cc2ccccc2)NC(=O)c2cc3ccccc3[nH]2)cc1. The standard InChI is InChI=1S/C28H26N4O/c1-20-11-13-22(14-12-20)19-32-16-15-29-27(32)25(17-21-7-3-2-4-8-21)31-28(33)26-18-23-9-5-6-10-24(23)30-26/h2-16,18,25,30H,17,19H2,1H3,(H,31,33). The van der Waals surface area contributed by atoms with Gasteiger partial charge in [0.05, 0.1) is 6.04 Å². The molecule has 5 nitrogen and oxygen atoms in total. The zero-order valence-electron chi connectivity index (χ0n) is 18.5. The Morgan fingerprint density at radius 2 is 1.73 bits per heavy atom. The number of rotatable bonds is 7. The number of benzene rings is 3. The summed E-state index contributed by atoms with van der Waals surface area (Å²) in [7, 11) is 0. The van der Waals surface area contributed by atoms with Crippen molar-refractivity contribution in [3.63, 3.8) is 0 Å². The van der Waals surface area contributed by atoms with Crippen LogP contribution in [0.2, 0.25) is 0 Å². The van der Waals surface area contributed by atoms with Crippen LogP contribution >= 0.6 is 0 Å². The van der Waals surface area contributed by atoms with Crippen molar-refractivity contribution in [2.24, 2.45) is 0 Å². The lowest BCUT2D eigenvalue weighted by atomic mass is 10.0. The van der Waals surface area contributed by atoms with Gasteiger partial charge in [-0.05, 0) is 36.6 Å². The predicted molar refractivity (Wildman–Crippen MR) is 131 cm³/mol. The number of H-pyrrole nitrogens is 1. The summed E-state index contributed by atoms with van der Waals surface area (Å²) >= 11 is 0. The van der Waals surface area contributed by atoms with Crippen LogP contribution in [-0.2, 0) is 13.0 Å². The van der Waals surface area contributed by atoms with Crippen LogP contribution in [0.15, 0.2) is 97.3 Å². The van der Waals surface area contributed by atoms with E-state index in [-0.39, 0.29) is 11.9 Å². The number of hydrogen-bond acceptors (Lipinski definition) is 2. The number of fused-ring (bicyclic) bond motifs is 1. The van der Waals surface area contributed by atoms with Gasteiger partial charge in [-0.1, -0.05) is 78.4 Å². The number of nitrogens with zero attached hydrogens (tertiary/aromatic N) is 2. The molecular weight excluding hydrogens is 408 g/mol. The summed E-state index contributed by atoms with van der Waals surface area (Å²) in [4.78, 5) is 21.1. The first-order chi connectivity index (χ1) is 16.2. The van der Waals surface area contributed by atoms with Gasteiger partial charge in [0.25, 0.3) is 5.91 Å². The van der Waals surface area contributed by atoms with Crippen molar-refractivity contribution in [2.75, 3.05) is 0 Å². The van der Waals surface area contributed by atoms with E-state index in [1.54, 1.807) is 6.20 Å². The van der Waals surface area contributed by atoms with Gasteiger partial charge in [-0.3, -0.25) is 4.79 Å². The van der Waals surface area contributed by atoms with Crippen LogP contribution in [0.1, 0.15) is 39.0 Å². The van der Waals surface area contributed by atoms with E-state index >= 15 is 0 Å². The first-order valence-electron chi connectivity index (χ1n) is 11.1. The van der Waals surface area contributed by atoms with Crippen LogP contribution in [0.25, 0.3) is 10.9 Å². The molecule has 0 saturated carbocycles. The molecule has 5 aromatic rings. The third-order valence-electron chi connectivity index (χ3n) is 5.90. The summed E-state index contributed by atoms with van der Waals surface area (Å²) in [6.07, 6.45) is 4.43. The summed E-state index contributed by atoms with van der Waals surface area (Å²) in [5.74, 6) is 0.695. The molecule has 5 heteroatoms. The molecule has 0 fully saturated rings. The number of hydrogen-bond donors (Lipinski definition) is 2. The molecule has 33 heavy (non-hydrogen) atoms. The van der Waals surface area contributed by atoms with Gasteiger partial charge in [0.15, 0.2) is 0 Å². The molecule has 0 radical (unpaired) electrons. The highest BCUT2D eigenvalue weighted by Crippen LogP contribution is 2.21. The Morgan fingerprint density at radius 3 is 2.52 bits per heavy atom. The number of para-hydroxylation sites is 1. The molecule has 1 unspecified atom stereocenters. The molecule has 3 aromatic carbocycles. The maximum absolute atomic E-state index is 13.2. The van der Waals surface area contributed by atoms with E-state index in [2.05, 4.69) is 63.2 Å². The normalized spacial score (nSPS) is 12.0. The molecule has 0 aliphatic carbocycles. The van der Waals surface area contributed by atoms with E-state index in [1.807, 2.05) is 54.7 Å². The fraction of sp³-hybridized carbons (Fsp3) is 0.143. The quantitative estimate of drug-likeness (QED) is 0.359. The van der Waals surface area contributed by atoms with E-state index in [4.69, 9.17) is 0 Å². The Kier molecular flexibility index (Phi) is 5.77. The number of carbonyl (C=O) groups excluding carboxylic acids is 1. The van der Waals surface area contributed by atoms with Gasteiger partial charge >= 0.3 is 0 Å². The second-order valence-electron chi connectivity index (χ2n) is 8.38. The molecule has 2 N–H and O–H groups in total. The Hall–Kier alpha value is -4.12. The second-order valence-corrected chi connectivity index (χ2v) is 8.38. The number of aryl methyl sites for hydroxylation is 1. The van der Waals surface area contributed by atoms with Gasteiger partial charge in [-0.15, -0.1) is 0 Å². The minimum atomic E-state index is -0.272. The molecule has 2 aromatic heterocycles. The lowest BCUT2D eigenvalue weighted by Gasteiger charge is -2.20. The van der Waals surface area contributed by atoms with Crippen molar-refractivity contribution in [3.05, 3.63) is 126 Å². The third-order valence-corrected chi connectivity index (χ3v) is 5.90. The number of nitrogens with one attached hydrogen (secondary N) is 2. The molecule has 0 saturated heterocycles. The van der Waals surface area contributed by atoms with Crippen molar-refractivity contribution < 1.29 is 4.79 Å². The molecule has 2 heterocycles. The predicted octanol–water partition coefficient (Wildman–Crippen LogP) is 5.43. The van der Waals surface area contributed by atoms with Gasteiger partial charge in [0.1, 0.15) is 11.5 Å². The Labute approximate surface area is 193 Å². The fourth-order valence-electron chi connectivity index (χ4n) is 4.14. The lowest BCUT2D eigenvalue weighted by molar-refractivity contribution is 0.0930. The number of aromatic amines is 1. The molecule has 0 aliphatic rings. The van der Waals surface area contributed by atoms with Crippen molar-refractivity contribution in [2.45, 2.75) is 25.9 Å². The van der Waals surface area contributed by atoms with Gasteiger partial charge in [-0.2, -0.15) is 0 Å². The van der Waals surface area contributed by atoms with Crippen LogP contribution in [-0.4, -0.2) is 20.4 Å². The molecule has 164 valence electrons. The van der Waals surface area contributed by atoms with E-state index in [0.29, 0.717) is 18.7 Å². The van der Waals surface area contributed by atoms with Crippen molar-refractivity contribution in [1.29, 1.82) is 0 Å². The van der Waals surface area contributed by atoms with E-state index in [9.17, 15) is 4.79 Å². The molecule has 1 amide bonds. The van der Waals surface area contributed by atoms with Gasteiger partial charge in [0.2, 0.25) is 0 Å².